The highest BCUT2D eigenvalue weighted by Crippen LogP contribution is 2.41. The van der Waals surface area contributed by atoms with Crippen LogP contribution < -0.4 is 9.64 Å². The number of carbonyl (C=O) groups is 2. The fourth-order valence-corrected chi connectivity index (χ4v) is 4.74. The highest BCUT2D eigenvalue weighted by Gasteiger charge is 2.46. The molecule has 2 aliphatic rings. The third-order valence-corrected chi connectivity index (χ3v) is 6.49. The molecule has 7 heteroatoms. The molecule has 0 bridgehead atoms. The average molecular weight is 470 g/mol. The molecule has 178 valence electrons. The van der Waals surface area contributed by atoms with Crippen molar-refractivity contribution in [2.45, 2.75) is 32.0 Å². The summed E-state index contributed by atoms with van der Waals surface area (Å²) in [5, 5.41) is 11.4. The predicted octanol–water partition coefficient (Wildman–Crippen LogP) is 4.09. The molecule has 1 N–H and O–H groups in total. The smallest absolute Gasteiger partial charge is 0.296 e. The van der Waals surface area contributed by atoms with Gasteiger partial charge >= 0.3 is 0 Å². The number of aliphatic hydroxyl groups excluding tert-OH is 1. The molecular weight excluding hydrogens is 442 g/mol. The largest absolute Gasteiger partial charge is 0.507 e. The fraction of sp³-hybridized carbons (Fsp3) is 0.250. The molecular formula is C28H27N3O4. The van der Waals surface area contributed by atoms with E-state index in [1.165, 1.54) is 4.90 Å². The number of ketones is 1. The Morgan fingerprint density at radius 2 is 1.89 bits per heavy atom. The Morgan fingerprint density at radius 3 is 2.57 bits per heavy atom. The van der Waals surface area contributed by atoms with E-state index in [1.54, 1.807) is 24.4 Å². The molecule has 2 unspecified atom stereocenters. The molecule has 2 atom stereocenters. The van der Waals surface area contributed by atoms with E-state index in [-0.39, 0.29) is 24.0 Å². The van der Waals surface area contributed by atoms with Crippen molar-refractivity contribution in [2.24, 2.45) is 0 Å². The number of rotatable bonds is 5. The second-order valence-electron chi connectivity index (χ2n) is 9.19. The van der Waals surface area contributed by atoms with E-state index in [2.05, 4.69) is 4.98 Å². The molecule has 1 aromatic heterocycles. The highest BCUT2D eigenvalue weighted by atomic mass is 16.5. The van der Waals surface area contributed by atoms with Crippen LogP contribution in [0.4, 0.5) is 5.69 Å². The summed E-state index contributed by atoms with van der Waals surface area (Å²) in [6, 6.07) is 17.7. The normalized spacial score (nSPS) is 20.6. The number of hydrogen-bond acceptors (Lipinski definition) is 6. The van der Waals surface area contributed by atoms with E-state index in [4.69, 9.17) is 4.74 Å². The van der Waals surface area contributed by atoms with E-state index >= 15 is 0 Å². The van der Waals surface area contributed by atoms with Crippen molar-refractivity contribution in [3.8, 4) is 5.75 Å². The number of likely N-dealkylation sites (tertiary alicyclic amines) is 1. The van der Waals surface area contributed by atoms with Gasteiger partial charge in [0.25, 0.3) is 11.7 Å². The standard InChI is InChI=1S/C28H27N3O4/c1-17-14-20-15-19(9-12-23(20)35-17)26(32)24-25(18-7-10-22(11-8-18)30(2)3)31(28(34)27(24)33)16-21-6-4-5-13-29-21/h4-13,15,17,25,32H,14,16H2,1-3H3/b26-24-. The number of ether oxygens (including phenoxy) is 1. The minimum Gasteiger partial charge on any atom is -0.507 e. The number of anilines is 1. The van der Waals surface area contributed by atoms with Gasteiger partial charge in [-0.3, -0.25) is 14.6 Å². The van der Waals surface area contributed by atoms with Gasteiger partial charge in [-0.2, -0.15) is 0 Å². The lowest BCUT2D eigenvalue weighted by Crippen LogP contribution is -2.29. The summed E-state index contributed by atoms with van der Waals surface area (Å²) < 4.78 is 5.77. The van der Waals surface area contributed by atoms with Gasteiger partial charge in [-0.25, -0.2) is 0 Å². The summed E-state index contributed by atoms with van der Waals surface area (Å²) in [6.07, 6.45) is 2.43. The lowest BCUT2D eigenvalue weighted by atomic mass is 9.94. The molecule has 5 rings (SSSR count). The summed E-state index contributed by atoms with van der Waals surface area (Å²) in [7, 11) is 3.89. The fourth-order valence-electron chi connectivity index (χ4n) is 4.74. The van der Waals surface area contributed by atoms with Crippen LogP contribution in [0.5, 0.6) is 5.75 Å². The van der Waals surface area contributed by atoms with Gasteiger partial charge < -0.3 is 19.6 Å². The molecule has 1 fully saturated rings. The lowest BCUT2D eigenvalue weighted by molar-refractivity contribution is -0.140. The van der Waals surface area contributed by atoms with Gasteiger partial charge in [0.05, 0.1) is 23.9 Å². The molecule has 0 saturated carbocycles. The number of fused-ring (bicyclic) bond motifs is 1. The highest BCUT2D eigenvalue weighted by molar-refractivity contribution is 6.46. The molecule has 3 heterocycles. The first-order valence-corrected chi connectivity index (χ1v) is 11.6. The number of aliphatic hydroxyl groups is 1. The van der Waals surface area contributed by atoms with Gasteiger partial charge in [0.1, 0.15) is 17.6 Å². The van der Waals surface area contributed by atoms with Crippen molar-refractivity contribution < 1.29 is 19.4 Å². The quantitative estimate of drug-likeness (QED) is 0.344. The van der Waals surface area contributed by atoms with Crippen LogP contribution in [0.2, 0.25) is 0 Å². The van der Waals surface area contributed by atoms with Crippen LogP contribution in [0.3, 0.4) is 0 Å². The predicted molar refractivity (Wildman–Crippen MR) is 133 cm³/mol. The number of aromatic nitrogens is 1. The topological polar surface area (TPSA) is 83.0 Å². The van der Waals surface area contributed by atoms with Crippen molar-refractivity contribution in [3.05, 3.63) is 94.8 Å². The zero-order valence-corrected chi connectivity index (χ0v) is 19.9. The maximum Gasteiger partial charge on any atom is 0.296 e. The summed E-state index contributed by atoms with van der Waals surface area (Å²) in [5.74, 6) is -0.765. The molecule has 2 aromatic carbocycles. The van der Waals surface area contributed by atoms with Crippen molar-refractivity contribution in [1.29, 1.82) is 0 Å². The minimum absolute atomic E-state index is 0.0570. The van der Waals surface area contributed by atoms with Gasteiger partial charge in [0, 0.05) is 38.0 Å². The Morgan fingerprint density at radius 1 is 1.11 bits per heavy atom. The van der Waals surface area contributed by atoms with Gasteiger partial charge in [0.15, 0.2) is 0 Å². The van der Waals surface area contributed by atoms with E-state index in [9.17, 15) is 14.7 Å². The average Bonchev–Trinajstić information content (AvgIpc) is 3.35. The summed E-state index contributed by atoms with van der Waals surface area (Å²) in [6.45, 7) is 2.14. The second-order valence-corrected chi connectivity index (χ2v) is 9.19. The van der Waals surface area contributed by atoms with E-state index in [1.807, 2.05) is 68.4 Å². The van der Waals surface area contributed by atoms with Crippen molar-refractivity contribution >= 4 is 23.1 Å². The molecule has 1 amide bonds. The second kappa shape index (κ2) is 8.91. The summed E-state index contributed by atoms with van der Waals surface area (Å²) >= 11 is 0. The molecule has 35 heavy (non-hydrogen) atoms. The van der Waals surface area contributed by atoms with E-state index < -0.39 is 17.7 Å². The van der Waals surface area contributed by atoms with Crippen LogP contribution in [0.25, 0.3) is 5.76 Å². The van der Waals surface area contributed by atoms with Crippen molar-refractivity contribution in [1.82, 2.24) is 9.88 Å². The molecule has 1 saturated heterocycles. The first-order valence-electron chi connectivity index (χ1n) is 11.6. The van der Waals surface area contributed by atoms with Crippen LogP contribution in [0.15, 0.2) is 72.4 Å². The SMILES string of the molecule is CC1Cc2cc(/C(O)=C3/C(=O)C(=O)N(Cc4ccccn4)C3c3ccc(N(C)C)cc3)ccc2O1. The maximum atomic E-state index is 13.3. The molecule has 0 aliphatic carbocycles. The van der Waals surface area contributed by atoms with Crippen LogP contribution in [-0.2, 0) is 22.6 Å². The summed E-state index contributed by atoms with van der Waals surface area (Å²) in [5.41, 5.74) is 3.93. The van der Waals surface area contributed by atoms with Crippen LogP contribution in [-0.4, -0.2) is 46.9 Å². The molecule has 0 radical (unpaired) electrons. The first kappa shape index (κ1) is 22.7. The third-order valence-electron chi connectivity index (χ3n) is 6.49. The Bertz CT molecular complexity index is 1320. The number of amides is 1. The monoisotopic (exact) mass is 469 g/mol. The van der Waals surface area contributed by atoms with Gasteiger partial charge in [-0.1, -0.05) is 18.2 Å². The minimum atomic E-state index is -0.739. The van der Waals surface area contributed by atoms with Crippen molar-refractivity contribution in [3.63, 3.8) is 0 Å². The van der Waals surface area contributed by atoms with Gasteiger partial charge in [-0.15, -0.1) is 0 Å². The zero-order chi connectivity index (χ0) is 24.7. The van der Waals surface area contributed by atoms with Crippen molar-refractivity contribution in [2.75, 3.05) is 19.0 Å². The molecule has 3 aromatic rings. The van der Waals surface area contributed by atoms with Crippen LogP contribution in [0, 0.1) is 0 Å². The number of carbonyl (C=O) groups excluding carboxylic acids is 2. The number of pyridine rings is 1. The Labute approximate surface area is 204 Å². The van der Waals surface area contributed by atoms with Crippen LogP contribution in [0.1, 0.15) is 35.3 Å². The Balaban J connectivity index is 1.62. The van der Waals surface area contributed by atoms with Crippen LogP contribution >= 0.6 is 0 Å². The summed E-state index contributed by atoms with van der Waals surface area (Å²) in [4.78, 5) is 34.3. The number of benzene rings is 2. The Kier molecular flexibility index (Phi) is 5.76. The van der Waals surface area contributed by atoms with E-state index in [0.717, 1.165) is 29.0 Å². The first-order chi connectivity index (χ1) is 16.8. The number of nitrogens with zero attached hydrogens (tertiary/aromatic N) is 3. The lowest BCUT2D eigenvalue weighted by Gasteiger charge is -2.25. The number of Topliss-reactive ketones (excluding diaryl/α,β-unsaturated/α-hetero) is 1. The van der Waals surface area contributed by atoms with E-state index in [0.29, 0.717) is 11.3 Å². The maximum absolute atomic E-state index is 13.3. The molecule has 0 spiro atoms. The Hall–Kier alpha value is -4.13. The van der Waals surface area contributed by atoms with Gasteiger partial charge in [-0.05, 0) is 60.5 Å². The third kappa shape index (κ3) is 4.14. The molecule has 7 nitrogen and oxygen atoms in total. The molecule has 2 aliphatic heterocycles. The van der Waals surface area contributed by atoms with Gasteiger partial charge in [0.2, 0.25) is 0 Å². The zero-order valence-electron chi connectivity index (χ0n) is 19.9. The number of hydrogen-bond donors (Lipinski definition) is 1.